The summed E-state index contributed by atoms with van der Waals surface area (Å²) in [5, 5.41) is 4.86. The van der Waals surface area contributed by atoms with E-state index in [1.807, 2.05) is 0 Å². The molecule has 10 heteroatoms. The zero-order chi connectivity index (χ0) is 20.8. The molecule has 0 unspecified atom stereocenters. The van der Waals surface area contributed by atoms with Crippen molar-refractivity contribution >= 4 is 28.9 Å². The molecule has 0 radical (unpaired) electrons. The number of rotatable bonds is 5. The molecule has 3 aromatic rings. The third-order valence-electron chi connectivity index (χ3n) is 4.50. The van der Waals surface area contributed by atoms with E-state index in [1.165, 1.54) is 6.07 Å². The second-order valence-electron chi connectivity index (χ2n) is 6.62. The highest BCUT2D eigenvalue weighted by Crippen LogP contribution is 2.46. The van der Waals surface area contributed by atoms with Crippen LogP contribution in [-0.4, -0.2) is 10.1 Å². The molecule has 2 aromatic heterocycles. The van der Waals surface area contributed by atoms with Gasteiger partial charge in [-0.3, -0.25) is 0 Å². The van der Waals surface area contributed by atoms with Crippen molar-refractivity contribution in [3.05, 3.63) is 57.4 Å². The maximum absolute atomic E-state index is 13.0. The molecular weight excluding hydrogens is 430 g/mol. The lowest BCUT2D eigenvalue weighted by molar-refractivity contribution is -0.140. The summed E-state index contributed by atoms with van der Waals surface area (Å²) < 4.78 is 50.2. The molecule has 1 fully saturated rings. The monoisotopic (exact) mass is 443 g/mol. The van der Waals surface area contributed by atoms with Crippen molar-refractivity contribution in [2.24, 2.45) is 0 Å². The third-order valence-corrected chi connectivity index (χ3v) is 5.13. The number of nitrogen functional groups attached to an aromatic ring is 1. The van der Waals surface area contributed by atoms with Crippen LogP contribution in [0, 0.1) is 0 Å². The summed E-state index contributed by atoms with van der Waals surface area (Å²) in [5.74, 6) is 0.578. The topological polar surface area (TPSA) is 74.2 Å². The minimum Gasteiger partial charge on any atom is -0.473 e. The fraction of sp³-hybridized carbons (Fsp3) is 0.263. The largest absolute Gasteiger partial charge is 0.473 e. The number of aromatic nitrogens is 2. The molecule has 2 N–H and O–H groups in total. The average molecular weight is 444 g/mol. The first kappa shape index (κ1) is 19.8. The molecule has 0 bridgehead atoms. The standard InChI is InChI=1S/C19H14Cl2F3N3O2/c20-11-2-1-3-12(21)15(11)16-10(17(29-27-16)9-4-5-9)8-28-14-7-6-13(25)18(26-14)19(22,23)24/h1-3,6-7,9H,4-5,8,25H2. The molecular formula is C19H14Cl2F3N3O2. The van der Waals surface area contributed by atoms with E-state index in [1.54, 1.807) is 18.2 Å². The zero-order valence-electron chi connectivity index (χ0n) is 14.8. The van der Waals surface area contributed by atoms with E-state index < -0.39 is 17.6 Å². The second-order valence-corrected chi connectivity index (χ2v) is 7.43. The van der Waals surface area contributed by atoms with Gasteiger partial charge in [0.1, 0.15) is 18.1 Å². The van der Waals surface area contributed by atoms with Crippen molar-refractivity contribution in [2.75, 3.05) is 5.73 Å². The molecule has 0 atom stereocenters. The van der Waals surface area contributed by atoms with Gasteiger partial charge < -0.3 is 15.0 Å². The summed E-state index contributed by atoms with van der Waals surface area (Å²) in [7, 11) is 0. The van der Waals surface area contributed by atoms with Gasteiger partial charge in [-0.1, -0.05) is 34.4 Å². The number of pyridine rings is 1. The van der Waals surface area contributed by atoms with E-state index in [-0.39, 0.29) is 18.4 Å². The Bertz CT molecular complexity index is 1050. The normalized spacial score (nSPS) is 14.2. The molecule has 1 aliphatic carbocycles. The van der Waals surface area contributed by atoms with Crippen LogP contribution < -0.4 is 10.5 Å². The number of ether oxygens (including phenoxy) is 1. The Kier molecular flexibility index (Phi) is 5.08. The minimum atomic E-state index is -4.68. The number of halogens is 5. The van der Waals surface area contributed by atoms with Gasteiger partial charge in [-0.05, 0) is 31.0 Å². The van der Waals surface area contributed by atoms with Gasteiger partial charge in [0.25, 0.3) is 0 Å². The van der Waals surface area contributed by atoms with Gasteiger partial charge >= 0.3 is 6.18 Å². The summed E-state index contributed by atoms with van der Waals surface area (Å²) >= 11 is 12.6. The highest BCUT2D eigenvalue weighted by molar-refractivity contribution is 6.39. The molecule has 29 heavy (non-hydrogen) atoms. The predicted molar refractivity (Wildman–Crippen MR) is 102 cm³/mol. The number of nitrogens with two attached hydrogens (primary N) is 1. The van der Waals surface area contributed by atoms with Crippen LogP contribution in [0.15, 0.2) is 34.9 Å². The lowest BCUT2D eigenvalue weighted by Crippen LogP contribution is -2.12. The Balaban J connectivity index is 1.68. The highest BCUT2D eigenvalue weighted by Gasteiger charge is 2.36. The van der Waals surface area contributed by atoms with Crippen molar-refractivity contribution in [1.29, 1.82) is 0 Å². The van der Waals surface area contributed by atoms with Gasteiger partial charge in [0.2, 0.25) is 5.88 Å². The van der Waals surface area contributed by atoms with Crippen LogP contribution >= 0.6 is 23.2 Å². The van der Waals surface area contributed by atoms with E-state index in [0.717, 1.165) is 18.9 Å². The van der Waals surface area contributed by atoms with Crippen molar-refractivity contribution in [3.8, 4) is 17.1 Å². The van der Waals surface area contributed by atoms with Crippen molar-refractivity contribution in [2.45, 2.75) is 31.5 Å². The second kappa shape index (κ2) is 7.42. The average Bonchev–Trinajstić information content (AvgIpc) is 3.41. The van der Waals surface area contributed by atoms with E-state index in [4.69, 9.17) is 38.2 Å². The lowest BCUT2D eigenvalue weighted by atomic mass is 10.0. The van der Waals surface area contributed by atoms with Crippen molar-refractivity contribution < 1.29 is 22.4 Å². The number of benzene rings is 1. The number of anilines is 1. The summed E-state index contributed by atoms with van der Waals surface area (Å²) in [4.78, 5) is 3.50. The molecule has 5 nitrogen and oxygen atoms in total. The number of hydrogen-bond acceptors (Lipinski definition) is 5. The quantitative estimate of drug-likeness (QED) is 0.515. The van der Waals surface area contributed by atoms with E-state index in [2.05, 4.69) is 10.1 Å². The minimum absolute atomic E-state index is 0.111. The molecule has 1 saturated carbocycles. The summed E-state index contributed by atoms with van der Waals surface area (Å²) in [5.41, 5.74) is 5.16. The van der Waals surface area contributed by atoms with Crippen LogP contribution in [0.1, 0.15) is 35.8 Å². The van der Waals surface area contributed by atoms with Gasteiger partial charge in [-0.25, -0.2) is 4.98 Å². The number of hydrogen-bond donors (Lipinski definition) is 1. The van der Waals surface area contributed by atoms with Crippen LogP contribution in [-0.2, 0) is 12.8 Å². The van der Waals surface area contributed by atoms with Crippen LogP contribution in [0.4, 0.5) is 18.9 Å². The molecule has 0 spiro atoms. The zero-order valence-corrected chi connectivity index (χ0v) is 16.3. The first-order valence-corrected chi connectivity index (χ1v) is 9.40. The number of nitrogens with zero attached hydrogens (tertiary/aromatic N) is 2. The highest BCUT2D eigenvalue weighted by atomic mass is 35.5. The Morgan fingerprint density at radius 1 is 1.14 bits per heavy atom. The molecule has 0 saturated heterocycles. The maximum Gasteiger partial charge on any atom is 0.435 e. The molecule has 0 aliphatic heterocycles. The summed E-state index contributed by atoms with van der Waals surface area (Å²) in [6, 6.07) is 7.40. The Labute approximate surface area is 173 Å². The Hall–Kier alpha value is -2.45. The first-order valence-electron chi connectivity index (χ1n) is 8.65. The third kappa shape index (κ3) is 4.00. The number of alkyl halides is 3. The van der Waals surface area contributed by atoms with Crippen LogP contribution in [0.2, 0.25) is 10.0 Å². The Morgan fingerprint density at radius 3 is 2.45 bits per heavy atom. The van der Waals surface area contributed by atoms with E-state index >= 15 is 0 Å². The maximum atomic E-state index is 13.0. The van der Waals surface area contributed by atoms with Crippen LogP contribution in [0.25, 0.3) is 11.3 Å². The Morgan fingerprint density at radius 2 is 1.83 bits per heavy atom. The molecule has 1 aliphatic rings. The molecule has 2 heterocycles. The van der Waals surface area contributed by atoms with Crippen molar-refractivity contribution in [3.63, 3.8) is 0 Å². The predicted octanol–water partition coefficient (Wildman–Crippen LogP) is 6.10. The molecule has 152 valence electrons. The fourth-order valence-corrected chi connectivity index (χ4v) is 3.53. The lowest BCUT2D eigenvalue weighted by Gasteiger charge is -2.12. The SMILES string of the molecule is Nc1ccc(OCc2c(-c3c(Cl)cccc3Cl)noc2C2CC2)nc1C(F)(F)F. The molecule has 1 aromatic carbocycles. The summed E-state index contributed by atoms with van der Waals surface area (Å²) in [6.07, 6.45) is -2.83. The fourth-order valence-electron chi connectivity index (χ4n) is 2.95. The summed E-state index contributed by atoms with van der Waals surface area (Å²) in [6.45, 7) is -0.111. The van der Waals surface area contributed by atoms with E-state index in [0.29, 0.717) is 32.6 Å². The molecule has 4 rings (SSSR count). The first-order chi connectivity index (χ1) is 13.8. The van der Waals surface area contributed by atoms with Crippen LogP contribution in [0.5, 0.6) is 5.88 Å². The van der Waals surface area contributed by atoms with Gasteiger partial charge in [0.05, 0.1) is 21.3 Å². The smallest absolute Gasteiger partial charge is 0.435 e. The van der Waals surface area contributed by atoms with Crippen molar-refractivity contribution in [1.82, 2.24) is 10.1 Å². The van der Waals surface area contributed by atoms with Crippen LogP contribution in [0.3, 0.4) is 0 Å². The molecule has 0 amide bonds. The van der Waals surface area contributed by atoms with E-state index in [9.17, 15) is 13.2 Å². The van der Waals surface area contributed by atoms with Gasteiger partial charge in [-0.2, -0.15) is 13.2 Å². The van der Waals surface area contributed by atoms with Gasteiger partial charge in [0.15, 0.2) is 5.69 Å². The van der Waals surface area contributed by atoms with Gasteiger partial charge in [0, 0.05) is 17.5 Å². The van der Waals surface area contributed by atoms with Gasteiger partial charge in [-0.15, -0.1) is 0 Å².